The van der Waals surface area contributed by atoms with Gasteiger partial charge in [0.2, 0.25) is 0 Å². The minimum absolute atomic E-state index is 0.251. The molecule has 1 aliphatic rings. The van der Waals surface area contributed by atoms with E-state index < -0.39 is 11.7 Å². The molecule has 0 radical (unpaired) electrons. The van der Waals surface area contributed by atoms with Gasteiger partial charge < -0.3 is 14.4 Å². The molecule has 1 aromatic rings. The first-order valence-electron chi connectivity index (χ1n) is 8.02. The molecule has 2 rings (SSSR count). The second kappa shape index (κ2) is 7.20. The monoisotopic (exact) mass is 337 g/mol. The summed E-state index contributed by atoms with van der Waals surface area (Å²) in [4.78, 5) is 26.0. The fourth-order valence-corrected chi connectivity index (χ4v) is 2.93. The number of hydrogen-bond acceptors (Lipinski definition) is 4. The van der Waals surface area contributed by atoms with Crippen LogP contribution in [0.2, 0.25) is 0 Å². The molecule has 0 saturated carbocycles. The Kier molecular flexibility index (Phi) is 5.47. The summed E-state index contributed by atoms with van der Waals surface area (Å²) in [6.45, 7) is 6.18. The van der Waals surface area contributed by atoms with Gasteiger partial charge in [0.1, 0.15) is 11.4 Å². The molecule has 6 heteroatoms. The molecule has 1 saturated heterocycles. The molecule has 132 valence electrons. The van der Waals surface area contributed by atoms with Crippen molar-refractivity contribution in [3.8, 4) is 0 Å². The van der Waals surface area contributed by atoms with Crippen LogP contribution in [-0.4, -0.2) is 42.8 Å². The van der Waals surface area contributed by atoms with Gasteiger partial charge in [-0.05, 0) is 44.9 Å². The molecule has 0 aliphatic carbocycles. The van der Waals surface area contributed by atoms with Crippen LogP contribution in [0.25, 0.3) is 0 Å². The Morgan fingerprint density at radius 3 is 2.38 bits per heavy atom. The van der Waals surface area contributed by atoms with Crippen molar-refractivity contribution in [2.45, 2.75) is 38.7 Å². The molecule has 2 unspecified atom stereocenters. The summed E-state index contributed by atoms with van der Waals surface area (Å²) in [5, 5.41) is 0. The highest BCUT2D eigenvalue weighted by atomic mass is 19.1. The van der Waals surface area contributed by atoms with Crippen molar-refractivity contribution >= 4 is 12.1 Å². The zero-order valence-corrected chi connectivity index (χ0v) is 14.5. The van der Waals surface area contributed by atoms with Crippen molar-refractivity contribution in [3.63, 3.8) is 0 Å². The lowest BCUT2D eigenvalue weighted by molar-refractivity contribution is -0.147. The Balaban J connectivity index is 2.21. The number of piperidine rings is 1. The van der Waals surface area contributed by atoms with Crippen molar-refractivity contribution in [1.29, 1.82) is 0 Å². The van der Waals surface area contributed by atoms with Crippen LogP contribution in [0.5, 0.6) is 0 Å². The Bertz CT molecular complexity index is 594. The van der Waals surface area contributed by atoms with E-state index in [-0.39, 0.29) is 23.6 Å². The number of rotatable bonds is 2. The van der Waals surface area contributed by atoms with E-state index >= 15 is 0 Å². The lowest BCUT2D eigenvalue weighted by Gasteiger charge is -2.38. The van der Waals surface area contributed by atoms with Crippen molar-refractivity contribution in [2.75, 3.05) is 20.2 Å². The summed E-state index contributed by atoms with van der Waals surface area (Å²) in [6.07, 6.45) is 0.0754. The van der Waals surface area contributed by atoms with E-state index in [2.05, 4.69) is 0 Å². The third kappa shape index (κ3) is 4.46. The van der Waals surface area contributed by atoms with E-state index in [1.54, 1.807) is 17.0 Å². The second-order valence-corrected chi connectivity index (χ2v) is 7.00. The van der Waals surface area contributed by atoms with Crippen molar-refractivity contribution in [1.82, 2.24) is 4.90 Å². The van der Waals surface area contributed by atoms with Gasteiger partial charge in [-0.15, -0.1) is 0 Å². The number of amides is 1. The number of ether oxygens (including phenoxy) is 2. The van der Waals surface area contributed by atoms with Gasteiger partial charge in [-0.25, -0.2) is 9.18 Å². The normalized spacial score (nSPS) is 21.3. The maximum atomic E-state index is 13.2. The molecule has 1 aromatic carbocycles. The number of carbonyl (C=O) groups is 2. The quantitative estimate of drug-likeness (QED) is 0.777. The third-order valence-electron chi connectivity index (χ3n) is 4.07. The first-order valence-corrected chi connectivity index (χ1v) is 8.02. The van der Waals surface area contributed by atoms with E-state index in [0.29, 0.717) is 19.5 Å². The van der Waals surface area contributed by atoms with Gasteiger partial charge in [-0.3, -0.25) is 4.79 Å². The van der Waals surface area contributed by atoms with Gasteiger partial charge in [0, 0.05) is 19.0 Å². The van der Waals surface area contributed by atoms with Crippen LogP contribution in [0.1, 0.15) is 38.7 Å². The highest BCUT2D eigenvalue weighted by molar-refractivity contribution is 5.75. The number of nitrogens with zero attached hydrogens (tertiary/aromatic N) is 1. The molecule has 2 atom stereocenters. The Morgan fingerprint density at radius 2 is 1.83 bits per heavy atom. The summed E-state index contributed by atoms with van der Waals surface area (Å²) >= 11 is 0. The van der Waals surface area contributed by atoms with Gasteiger partial charge in [0.15, 0.2) is 0 Å². The maximum absolute atomic E-state index is 13.2. The Morgan fingerprint density at radius 1 is 1.21 bits per heavy atom. The predicted molar refractivity (Wildman–Crippen MR) is 87.1 cm³/mol. The average molecular weight is 337 g/mol. The fourth-order valence-electron chi connectivity index (χ4n) is 2.93. The van der Waals surface area contributed by atoms with E-state index in [1.807, 2.05) is 20.8 Å². The molecule has 0 aromatic heterocycles. The fraction of sp³-hybridized carbons (Fsp3) is 0.556. The standard InChI is InChI=1S/C18H24FNO4/c1-18(2,3)24-17(22)20-10-9-14(16(21)23-4)15(11-20)12-5-7-13(19)8-6-12/h5-8,14-15H,9-11H2,1-4H3. The number of methoxy groups -OCH3 is 1. The van der Waals surface area contributed by atoms with Gasteiger partial charge in [-0.2, -0.15) is 0 Å². The minimum Gasteiger partial charge on any atom is -0.469 e. The SMILES string of the molecule is COC(=O)C1CCN(C(=O)OC(C)(C)C)CC1c1ccc(F)cc1. The van der Waals surface area contributed by atoms with E-state index in [4.69, 9.17) is 9.47 Å². The van der Waals surface area contributed by atoms with Crippen LogP contribution >= 0.6 is 0 Å². The second-order valence-electron chi connectivity index (χ2n) is 7.00. The summed E-state index contributed by atoms with van der Waals surface area (Å²) < 4.78 is 23.5. The van der Waals surface area contributed by atoms with Crippen LogP contribution in [0.3, 0.4) is 0 Å². The zero-order chi connectivity index (χ0) is 17.9. The first-order chi connectivity index (χ1) is 11.2. The van der Waals surface area contributed by atoms with Crippen LogP contribution in [0.4, 0.5) is 9.18 Å². The number of halogens is 1. The van der Waals surface area contributed by atoms with Gasteiger partial charge in [0.25, 0.3) is 0 Å². The minimum atomic E-state index is -0.582. The molecular weight excluding hydrogens is 313 g/mol. The molecule has 1 fully saturated rings. The zero-order valence-electron chi connectivity index (χ0n) is 14.5. The summed E-state index contributed by atoms with van der Waals surface area (Å²) in [6, 6.07) is 6.01. The smallest absolute Gasteiger partial charge is 0.410 e. The maximum Gasteiger partial charge on any atom is 0.410 e. The lowest BCUT2D eigenvalue weighted by atomic mass is 9.81. The van der Waals surface area contributed by atoms with E-state index in [1.165, 1.54) is 19.2 Å². The van der Waals surface area contributed by atoms with Crippen LogP contribution in [0, 0.1) is 11.7 Å². The molecule has 0 N–H and O–H groups in total. The predicted octanol–water partition coefficient (Wildman–Crippen LogP) is 3.34. The highest BCUT2D eigenvalue weighted by Crippen LogP contribution is 2.34. The average Bonchev–Trinajstić information content (AvgIpc) is 2.52. The molecule has 0 spiro atoms. The molecule has 1 heterocycles. The van der Waals surface area contributed by atoms with Crippen LogP contribution in [-0.2, 0) is 14.3 Å². The lowest BCUT2D eigenvalue weighted by Crippen LogP contribution is -2.46. The van der Waals surface area contributed by atoms with Crippen molar-refractivity contribution in [2.24, 2.45) is 5.92 Å². The number of hydrogen-bond donors (Lipinski definition) is 0. The topological polar surface area (TPSA) is 55.8 Å². The Hall–Kier alpha value is -2.11. The molecular formula is C18H24FNO4. The number of esters is 1. The number of likely N-dealkylation sites (tertiary alicyclic amines) is 1. The largest absolute Gasteiger partial charge is 0.469 e. The molecule has 1 aliphatic heterocycles. The summed E-state index contributed by atoms with van der Waals surface area (Å²) in [5.41, 5.74) is 0.224. The number of carbonyl (C=O) groups excluding carboxylic acids is 2. The molecule has 5 nitrogen and oxygen atoms in total. The first kappa shape index (κ1) is 18.2. The Labute approximate surface area is 141 Å². The molecule has 0 bridgehead atoms. The van der Waals surface area contributed by atoms with Crippen molar-refractivity contribution in [3.05, 3.63) is 35.6 Å². The number of benzene rings is 1. The summed E-state index contributed by atoms with van der Waals surface area (Å²) in [5.74, 6) is -1.26. The third-order valence-corrected chi connectivity index (χ3v) is 4.07. The van der Waals surface area contributed by atoms with Gasteiger partial charge >= 0.3 is 12.1 Å². The van der Waals surface area contributed by atoms with Gasteiger partial charge in [-0.1, -0.05) is 12.1 Å². The molecule has 24 heavy (non-hydrogen) atoms. The van der Waals surface area contributed by atoms with Crippen LogP contribution in [0.15, 0.2) is 24.3 Å². The van der Waals surface area contributed by atoms with E-state index in [9.17, 15) is 14.0 Å². The van der Waals surface area contributed by atoms with Gasteiger partial charge in [0.05, 0.1) is 13.0 Å². The summed E-state index contributed by atoms with van der Waals surface area (Å²) in [7, 11) is 1.35. The van der Waals surface area contributed by atoms with Crippen LogP contribution < -0.4 is 0 Å². The van der Waals surface area contributed by atoms with Crippen molar-refractivity contribution < 1.29 is 23.5 Å². The highest BCUT2D eigenvalue weighted by Gasteiger charge is 2.38. The van der Waals surface area contributed by atoms with E-state index in [0.717, 1.165) is 5.56 Å². The molecule has 1 amide bonds.